The van der Waals surface area contributed by atoms with Crippen molar-refractivity contribution in [2.45, 2.75) is 90.4 Å². The quantitative estimate of drug-likeness (QED) is 0.331. The molecule has 2 fully saturated rings. The lowest BCUT2D eigenvalue weighted by Gasteiger charge is -2.38. The molecule has 29 heavy (non-hydrogen) atoms. The van der Waals surface area contributed by atoms with Gasteiger partial charge in [0.2, 0.25) is 0 Å². The highest BCUT2D eigenvalue weighted by molar-refractivity contribution is 5.72. The summed E-state index contributed by atoms with van der Waals surface area (Å²) in [6.07, 6.45) is 16.0. The van der Waals surface area contributed by atoms with E-state index in [0.29, 0.717) is 12.3 Å². The van der Waals surface area contributed by atoms with Gasteiger partial charge in [0.15, 0.2) is 11.6 Å². The summed E-state index contributed by atoms with van der Waals surface area (Å²) >= 11 is 0. The van der Waals surface area contributed by atoms with Crippen molar-refractivity contribution < 1.29 is 18.3 Å². The van der Waals surface area contributed by atoms with Crippen molar-refractivity contribution >= 4 is 5.97 Å². The topological polar surface area (TPSA) is 26.3 Å². The summed E-state index contributed by atoms with van der Waals surface area (Å²) in [5.41, 5.74) is 0. The highest BCUT2D eigenvalue weighted by Crippen LogP contribution is 2.43. The zero-order valence-electron chi connectivity index (χ0n) is 17.8. The van der Waals surface area contributed by atoms with Gasteiger partial charge >= 0.3 is 5.97 Å². The standard InChI is InChI=1S/C25H36F2O2/c1-2-3-4-18-5-10-20(11-6-18)21-12-7-19(8-13-21)9-16-25(28)29-22-14-15-23(26)24(27)17-22/h14-15,17-21H,2-13,16H2,1H3/t18-,19?,20-,21?. The van der Waals surface area contributed by atoms with Crippen molar-refractivity contribution in [3.8, 4) is 5.75 Å². The van der Waals surface area contributed by atoms with Gasteiger partial charge < -0.3 is 4.74 Å². The number of rotatable bonds is 8. The Morgan fingerprint density at radius 1 is 0.897 bits per heavy atom. The molecular weight excluding hydrogens is 370 g/mol. The lowest BCUT2D eigenvalue weighted by atomic mass is 9.68. The van der Waals surface area contributed by atoms with Gasteiger partial charge in [-0.05, 0) is 67.9 Å². The number of ether oxygens (including phenoxy) is 1. The molecule has 1 aromatic rings. The van der Waals surface area contributed by atoms with Crippen LogP contribution in [0.5, 0.6) is 5.75 Å². The fourth-order valence-electron chi connectivity index (χ4n) is 5.43. The maximum Gasteiger partial charge on any atom is 0.311 e. The van der Waals surface area contributed by atoms with E-state index in [2.05, 4.69) is 6.92 Å². The van der Waals surface area contributed by atoms with Crippen LogP contribution in [-0.2, 0) is 4.79 Å². The third kappa shape index (κ3) is 6.79. The Morgan fingerprint density at radius 3 is 2.03 bits per heavy atom. The molecule has 2 aliphatic rings. The van der Waals surface area contributed by atoms with Crippen LogP contribution in [0.4, 0.5) is 8.78 Å². The van der Waals surface area contributed by atoms with E-state index in [1.165, 1.54) is 76.7 Å². The molecule has 3 rings (SSSR count). The summed E-state index contributed by atoms with van der Waals surface area (Å²) < 4.78 is 31.3. The van der Waals surface area contributed by atoms with Gasteiger partial charge in [-0.2, -0.15) is 0 Å². The number of halogens is 2. The first-order chi connectivity index (χ1) is 14.0. The molecule has 0 aliphatic heterocycles. The first-order valence-electron chi connectivity index (χ1n) is 11.7. The molecule has 0 bridgehead atoms. The summed E-state index contributed by atoms with van der Waals surface area (Å²) in [4.78, 5) is 12.0. The summed E-state index contributed by atoms with van der Waals surface area (Å²) in [6.45, 7) is 2.28. The molecule has 0 atom stereocenters. The van der Waals surface area contributed by atoms with Gasteiger partial charge in [0.05, 0.1) is 0 Å². The highest BCUT2D eigenvalue weighted by Gasteiger charge is 2.30. The third-order valence-electron chi connectivity index (χ3n) is 7.29. The maximum absolute atomic E-state index is 13.2. The summed E-state index contributed by atoms with van der Waals surface area (Å²) in [6, 6.07) is 3.20. The Kier molecular flexibility index (Phi) is 8.50. The van der Waals surface area contributed by atoms with Crippen molar-refractivity contribution in [1.82, 2.24) is 0 Å². The van der Waals surface area contributed by atoms with Crippen LogP contribution in [0.1, 0.15) is 90.4 Å². The van der Waals surface area contributed by atoms with Crippen LogP contribution in [0.2, 0.25) is 0 Å². The number of benzene rings is 1. The predicted octanol–water partition coefficient (Wildman–Crippen LogP) is 7.45. The van der Waals surface area contributed by atoms with Crippen LogP contribution >= 0.6 is 0 Å². The molecule has 4 heteroatoms. The highest BCUT2D eigenvalue weighted by atomic mass is 19.2. The van der Waals surface area contributed by atoms with Crippen LogP contribution in [0.15, 0.2) is 18.2 Å². The second kappa shape index (κ2) is 11.1. The van der Waals surface area contributed by atoms with Gasteiger partial charge in [-0.1, -0.05) is 51.9 Å². The third-order valence-corrected chi connectivity index (χ3v) is 7.29. The maximum atomic E-state index is 13.2. The summed E-state index contributed by atoms with van der Waals surface area (Å²) in [7, 11) is 0. The van der Waals surface area contributed by atoms with E-state index in [1.807, 2.05) is 0 Å². The van der Waals surface area contributed by atoms with Gasteiger partial charge in [-0.25, -0.2) is 8.78 Å². The molecule has 1 aromatic carbocycles. The first-order valence-corrected chi connectivity index (χ1v) is 11.7. The van der Waals surface area contributed by atoms with Crippen LogP contribution in [0.3, 0.4) is 0 Å². The molecule has 2 nitrogen and oxygen atoms in total. The molecule has 0 saturated heterocycles. The minimum absolute atomic E-state index is 0.0761. The summed E-state index contributed by atoms with van der Waals surface area (Å²) in [5, 5.41) is 0. The molecular formula is C25H36F2O2. The van der Waals surface area contributed by atoms with Crippen LogP contribution in [0, 0.1) is 35.3 Å². The van der Waals surface area contributed by atoms with E-state index in [-0.39, 0.29) is 11.7 Å². The van der Waals surface area contributed by atoms with E-state index in [4.69, 9.17) is 4.74 Å². The van der Waals surface area contributed by atoms with E-state index in [9.17, 15) is 13.6 Å². The van der Waals surface area contributed by atoms with E-state index in [0.717, 1.165) is 36.3 Å². The average molecular weight is 407 g/mol. The Hall–Kier alpha value is -1.45. The van der Waals surface area contributed by atoms with Gasteiger partial charge in [-0.3, -0.25) is 4.79 Å². The Labute approximate surface area is 174 Å². The normalized spacial score (nSPS) is 27.6. The smallest absolute Gasteiger partial charge is 0.311 e. The van der Waals surface area contributed by atoms with Crippen molar-refractivity contribution in [3.63, 3.8) is 0 Å². The molecule has 0 amide bonds. The van der Waals surface area contributed by atoms with E-state index in [1.54, 1.807) is 0 Å². The Morgan fingerprint density at radius 2 is 1.48 bits per heavy atom. The van der Waals surface area contributed by atoms with Crippen molar-refractivity contribution in [2.75, 3.05) is 0 Å². The zero-order valence-corrected chi connectivity index (χ0v) is 17.8. The number of carbonyl (C=O) groups is 1. The molecule has 0 aromatic heterocycles. The number of hydrogen-bond donors (Lipinski definition) is 0. The van der Waals surface area contributed by atoms with Crippen LogP contribution < -0.4 is 4.74 Å². The van der Waals surface area contributed by atoms with Crippen molar-refractivity contribution in [2.24, 2.45) is 23.7 Å². The number of esters is 1. The molecule has 0 unspecified atom stereocenters. The molecule has 0 N–H and O–H groups in total. The minimum Gasteiger partial charge on any atom is -0.426 e. The van der Waals surface area contributed by atoms with Crippen molar-refractivity contribution in [1.29, 1.82) is 0 Å². The predicted molar refractivity (Wildman–Crippen MR) is 112 cm³/mol. The largest absolute Gasteiger partial charge is 0.426 e. The lowest BCUT2D eigenvalue weighted by molar-refractivity contribution is -0.134. The number of hydrogen-bond acceptors (Lipinski definition) is 2. The van der Waals surface area contributed by atoms with E-state index < -0.39 is 11.6 Å². The number of carbonyl (C=O) groups excluding carboxylic acids is 1. The SMILES string of the molecule is CCCC[C@H]1CC[C@H](C2CCC(CCC(=O)Oc3ccc(F)c(F)c3)CC2)CC1. The fourth-order valence-corrected chi connectivity index (χ4v) is 5.43. The molecule has 0 radical (unpaired) electrons. The Bertz CT molecular complexity index is 644. The number of unbranched alkanes of at least 4 members (excludes halogenated alkanes) is 1. The van der Waals surface area contributed by atoms with Gasteiger partial charge in [0.1, 0.15) is 5.75 Å². The van der Waals surface area contributed by atoms with Gasteiger partial charge in [0, 0.05) is 12.5 Å². The van der Waals surface area contributed by atoms with Crippen molar-refractivity contribution in [3.05, 3.63) is 29.8 Å². The lowest BCUT2D eigenvalue weighted by Crippen LogP contribution is -2.26. The minimum atomic E-state index is -0.993. The summed E-state index contributed by atoms with van der Waals surface area (Å²) in [5.74, 6) is 1.16. The average Bonchev–Trinajstić information content (AvgIpc) is 2.74. The molecule has 2 saturated carbocycles. The van der Waals surface area contributed by atoms with Gasteiger partial charge in [0.25, 0.3) is 0 Å². The zero-order chi connectivity index (χ0) is 20.6. The molecule has 0 spiro atoms. The monoisotopic (exact) mass is 406 g/mol. The second-order valence-corrected chi connectivity index (χ2v) is 9.29. The first kappa shape index (κ1) is 22.2. The fraction of sp³-hybridized carbons (Fsp3) is 0.720. The molecule has 2 aliphatic carbocycles. The molecule has 162 valence electrons. The Balaban J connectivity index is 1.32. The van der Waals surface area contributed by atoms with Crippen LogP contribution in [0.25, 0.3) is 0 Å². The van der Waals surface area contributed by atoms with E-state index >= 15 is 0 Å². The molecule has 0 heterocycles. The van der Waals surface area contributed by atoms with Crippen LogP contribution in [-0.4, -0.2) is 5.97 Å². The van der Waals surface area contributed by atoms with Gasteiger partial charge in [-0.15, -0.1) is 0 Å². The second-order valence-electron chi connectivity index (χ2n) is 9.29.